The lowest BCUT2D eigenvalue weighted by Crippen LogP contribution is -2.48. The van der Waals surface area contributed by atoms with E-state index in [1.807, 2.05) is 0 Å². The molecule has 0 radical (unpaired) electrons. The Hall–Kier alpha value is -1.05. The molecule has 10 heteroatoms. The summed E-state index contributed by atoms with van der Waals surface area (Å²) >= 11 is 0. The lowest BCUT2D eigenvalue weighted by atomic mass is 10.1. The Labute approximate surface area is 188 Å². The van der Waals surface area contributed by atoms with Crippen molar-refractivity contribution in [2.75, 3.05) is 12.3 Å². The van der Waals surface area contributed by atoms with Crippen molar-refractivity contribution >= 4 is 22.5 Å². The first-order valence-electron chi connectivity index (χ1n) is 11.7. The minimum absolute atomic E-state index is 0.154. The van der Waals surface area contributed by atoms with Crippen molar-refractivity contribution < 1.29 is 18.7 Å². The van der Waals surface area contributed by atoms with Gasteiger partial charge in [0.1, 0.15) is 24.1 Å². The summed E-state index contributed by atoms with van der Waals surface area (Å²) in [4.78, 5) is 16.4. The fourth-order valence-electron chi connectivity index (χ4n) is 4.43. The highest BCUT2D eigenvalue weighted by molar-refractivity contribution is 6.74. The average Bonchev–Trinajstić information content (AvgIpc) is 3.08. The molecule has 178 valence electrons. The van der Waals surface area contributed by atoms with Gasteiger partial charge in [0, 0.05) is 6.20 Å². The van der Waals surface area contributed by atoms with Crippen LogP contribution < -0.4 is 11.4 Å². The molecule has 1 aromatic rings. The maximum Gasteiger partial charge on any atom is 0.351 e. The fraction of sp³-hybridized carbons (Fsp3) is 0.810. The predicted octanol–water partition coefficient (Wildman–Crippen LogP) is 3.50. The van der Waals surface area contributed by atoms with E-state index in [0.29, 0.717) is 6.61 Å². The molecule has 0 amide bonds. The third kappa shape index (κ3) is 5.66. The van der Waals surface area contributed by atoms with Crippen LogP contribution in [0.15, 0.2) is 17.1 Å². The van der Waals surface area contributed by atoms with Crippen molar-refractivity contribution in [3.63, 3.8) is 0 Å². The van der Waals surface area contributed by atoms with Crippen LogP contribution in [0.2, 0.25) is 36.3 Å². The zero-order valence-electron chi connectivity index (χ0n) is 20.0. The van der Waals surface area contributed by atoms with E-state index >= 15 is 0 Å². The van der Waals surface area contributed by atoms with Gasteiger partial charge in [-0.05, 0) is 42.3 Å². The summed E-state index contributed by atoms with van der Waals surface area (Å²) in [5.74, 6) is 0.154. The normalized spacial score (nSPS) is 24.6. The highest BCUT2D eigenvalue weighted by Crippen LogP contribution is 2.36. The topological polar surface area (TPSA) is 109 Å². The molecule has 0 aliphatic carbocycles. The summed E-state index contributed by atoms with van der Waals surface area (Å²) in [7, 11) is -3.91. The van der Waals surface area contributed by atoms with Crippen LogP contribution in [0.25, 0.3) is 0 Å². The van der Waals surface area contributed by atoms with Crippen LogP contribution in [-0.4, -0.2) is 56.2 Å². The highest BCUT2D eigenvalue weighted by atomic mass is 28.4. The van der Waals surface area contributed by atoms with Crippen LogP contribution in [-0.2, 0) is 13.6 Å². The number of aliphatic hydroxyl groups is 1. The van der Waals surface area contributed by atoms with Crippen molar-refractivity contribution in [1.29, 1.82) is 0 Å². The first kappa shape index (κ1) is 26.2. The van der Waals surface area contributed by atoms with Crippen molar-refractivity contribution in [2.24, 2.45) is 0 Å². The van der Waals surface area contributed by atoms with Crippen molar-refractivity contribution in [1.82, 2.24) is 9.55 Å². The number of aromatic nitrogens is 2. The maximum absolute atomic E-state index is 12.6. The standard InChI is InChI=1S/C21H41N3O5Si2/c1-7-30(8-2,9-3)27-15-16-18(25)19(29-31(10-4,11-5)12-6)20(28-16)24-14-13-17(22)23-21(24)26/h13-14,16,18-20,25H,7-12,15H2,1-6H3,(H2,22,23,26). The first-order valence-corrected chi connectivity index (χ1v) is 16.8. The van der Waals surface area contributed by atoms with E-state index in [1.165, 1.54) is 4.57 Å². The van der Waals surface area contributed by atoms with E-state index in [1.54, 1.807) is 12.3 Å². The number of hydrogen-bond acceptors (Lipinski definition) is 7. The van der Waals surface area contributed by atoms with E-state index < -0.39 is 46.9 Å². The van der Waals surface area contributed by atoms with Crippen LogP contribution in [0, 0.1) is 0 Å². The van der Waals surface area contributed by atoms with Gasteiger partial charge in [-0.1, -0.05) is 41.5 Å². The predicted molar refractivity (Wildman–Crippen MR) is 128 cm³/mol. The second kappa shape index (κ2) is 11.2. The summed E-state index contributed by atoms with van der Waals surface area (Å²) in [6.45, 7) is 13.2. The Kier molecular flexibility index (Phi) is 9.47. The largest absolute Gasteiger partial charge is 0.414 e. The number of anilines is 1. The molecule has 0 saturated carbocycles. The Morgan fingerprint density at radius 3 is 2.10 bits per heavy atom. The quantitative estimate of drug-likeness (QED) is 0.449. The van der Waals surface area contributed by atoms with E-state index in [9.17, 15) is 9.90 Å². The number of hydrogen-bond donors (Lipinski definition) is 2. The SMILES string of the molecule is CC[Si](CC)(CC)OCC1OC(n2ccc(N)nc2=O)C(O[Si](CC)(CC)CC)C1O. The van der Waals surface area contributed by atoms with E-state index in [0.717, 1.165) is 36.3 Å². The lowest BCUT2D eigenvalue weighted by molar-refractivity contribution is -0.0509. The second-order valence-electron chi connectivity index (χ2n) is 8.48. The fourth-order valence-corrected chi connectivity index (χ4v) is 9.89. The Bertz CT molecular complexity index is 738. The Morgan fingerprint density at radius 1 is 1.06 bits per heavy atom. The van der Waals surface area contributed by atoms with Gasteiger partial charge in [0.15, 0.2) is 22.9 Å². The molecule has 1 aromatic heterocycles. The van der Waals surface area contributed by atoms with Gasteiger partial charge in [0.05, 0.1) is 6.61 Å². The van der Waals surface area contributed by atoms with Crippen LogP contribution >= 0.6 is 0 Å². The molecule has 1 fully saturated rings. The van der Waals surface area contributed by atoms with Crippen molar-refractivity contribution in [2.45, 2.75) is 102 Å². The minimum Gasteiger partial charge on any atom is -0.414 e. The molecular weight excluding hydrogens is 430 g/mol. The van der Waals surface area contributed by atoms with Gasteiger partial charge in [-0.15, -0.1) is 0 Å². The van der Waals surface area contributed by atoms with E-state index in [4.69, 9.17) is 19.3 Å². The molecule has 0 spiro atoms. The number of ether oxygens (including phenoxy) is 1. The zero-order chi connectivity index (χ0) is 23.2. The van der Waals surface area contributed by atoms with Gasteiger partial charge in [0.2, 0.25) is 0 Å². The van der Waals surface area contributed by atoms with Gasteiger partial charge < -0.3 is 24.4 Å². The third-order valence-corrected chi connectivity index (χ3v) is 16.5. The summed E-state index contributed by atoms with van der Waals surface area (Å²) in [5.41, 5.74) is 5.16. The number of rotatable bonds is 12. The number of nitrogens with two attached hydrogens (primary N) is 1. The van der Waals surface area contributed by atoms with E-state index in [-0.39, 0.29) is 5.82 Å². The molecule has 4 atom stereocenters. The van der Waals surface area contributed by atoms with Gasteiger partial charge in [-0.25, -0.2) is 4.79 Å². The number of aliphatic hydroxyl groups excluding tert-OH is 1. The monoisotopic (exact) mass is 471 g/mol. The van der Waals surface area contributed by atoms with Gasteiger partial charge in [-0.2, -0.15) is 4.98 Å². The van der Waals surface area contributed by atoms with Gasteiger partial charge in [0.25, 0.3) is 0 Å². The highest BCUT2D eigenvalue weighted by Gasteiger charge is 2.49. The number of nitrogens with zero attached hydrogens (tertiary/aromatic N) is 2. The van der Waals surface area contributed by atoms with Crippen molar-refractivity contribution in [3.05, 3.63) is 22.7 Å². The molecule has 2 heterocycles. The summed E-state index contributed by atoms with van der Waals surface area (Å²) in [5, 5.41) is 11.2. The molecule has 1 aliphatic rings. The van der Waals surface area contributed by atoms with Crippen LogP contribution in [0.3, 0.4) is 0 Å². The van der Waals surface area contributed by atoms with Gasteiger partial charge in [-0.3, -0.25) is 4.57 Å². The molecule has 0 bridgehead atoms. The molecule has 2 rings (SSSR count). The lowest BCUT2D eigenvalue weighted by Gasteiger charge is -2.35. The Balaban J connectivity index is 2.35. The molecule has 31 heavy (non-hydrogen) atoms. The molecule has 8 nitrogen and oxygen atoms in total. The second-order valence-corrected chi connectivity index (χ2v) is 18.0. The van der Waals surface area contributed by atoms with Gasteiger partial charge >= 0.3 is 5.69 Å². The summed E-state index contributed by atoms with van der Waals surface area (Å²) < 4.78 is 20.7. The number of nitrogen functional groups attached to an aromatic ring is 1. The van der Waals surface area contributed by atoms with Crippen molar-refractivity contribution in [3.8, 4) is 0 Å². The Morgan fingerprint density at radius 2 is 1.61 bits per heavy atom. The molecular formula is C21H41N3O5Si2. The molecule has 1 saturated heterocycles. The average molecular weight is 472 g/mol. The minimum atomic E-state index is -2.07. The van der Waals surface area contributed by atoms with E-state index in [2.05, 4.69) is 46.5 Å². The summed E-state index contributed by atoms with van der Waals surface area (Å²) in [6.07, 6.45) is -1.29. The molecule has 1 aliphatic heterocycles. The first-order chi connectivity index (χ1) is 14.7. The van der Waals surface area contributed by atoms with Crippen LogP contribution in [0.5, 0.6) is 0 Å². The maximum atomic E-state index is 12.6. The molecule has 0 aromatic carbocycles. The van der Waals surface area contributed by atoms with Crippen LogP contribution in [0.1, 0.15) is 47.8 Å². The van der Waals surface area contributed by atoms with Crippen LogP contribution in [0.4, 0.5) is 5.82 Å². The molecule has 4 unspecified atom stereocenters. The third-order valence-electron chi connectivity index (χ3n) is 7.24. The molecule has 3 N–H and O–H groups in total. The zero-order valence-corrected chi connectivity index (χ0v) is 22.0. The smallest absolute Gasteiger partial charge is 0.351 e. The summed E-state index contributed by atoms with van der Waals surface area (Å²) in [6, 6.07) is 7.42.